The summed E-state index contributed by atoms with van der Waals surface area (Å²) >= 11 is 6.23. The Labute approximate surface area is 226 Å². The Morgan fingerprint density at radius 2 is 1.74 bits per heavy atom. The second kappa shape index (κ2) is 11.1. The average molecular weight is 525 g/mol. The van der Waals surface area contributed by atoms with Crippen LogP contribution in [0.3, 0.4) is 0 Å². The molecule has 0 bridgehead atoms. The summed E-state index contributed by atoms with van der Waals surface area (Å²) in [5, 5.41) is 12.9. The molecule has 0 spiro atoms. The number of nitrogens with one attached hydrogen (secondary N) is 1. The topological polar surface area (TPSA) is 73.0 Å². The van der Waals surface area contributed by atoms with Crippen molar-refractivity contribution >= 4 is 40.3 Å². The molecule has 6 nitrogen and oxygen atoms in total. The summed E-state index contributed by atoms with van der Waals surface area (Å²) in [6.07, 6.45) is 6.52. The third kappa shape index (κ3) is 5.71. The predicted octanol–water partition coefficient (Wildman–Crippen LogP) is 7.95. The van der Waals surface area contributed by atoms with E-state index in [2.05, 4.69) is 34.6 Å². The third-order valence-electron chi connectivity index (χ3n) is 6.45. The molecule has 0 saturated carbocycles. The van der Waals surface area contributed by atoms with Crippen LogP contribution in [0.2, 0.25) is 5.02 Å². The lowest BCUT2D eigenvalue weighted by Crippen LogP contribution is -2.08. The van der Waals surface area contributed by atoms with Crippen LogP contribution in [0, 0.1) is 13.8 Å². The summed E-state index contributed by atoms with van der Waals surface area (Å²) in [6, 6.07) is 21.6. The SMILES string of the molecule is CCCCc1ccc(-n2nc3cc(C)c(NC(=O)/C=C/c4ccc(-c5ccc(C)c(Cl)c5)o4)cc3n2)cc1. The molecule has 192 valence electrons. The molecule has 2 heterocycles. The molecule has 3 aromatic carbocycles. The molecule has 1 N–H and O–H groups in total. The first-order chi connectivity index (χ1) is 18.4. The zero-order valence-electron chi connectivity index (χ0n) is 21.7. The zero-order chi connectivity index (χ0) is 26.6. The molecular weight excluding hydrogens is 496 g/mol. The van der Waals surface area contributed by atoms with Crippen molar-refractivity contribution in [3.05, 3.63) is 100 Å². The van der Waals surface area contributed by atoms with Gasteiger partial charge in [-0.25, -0.2) is 0 Å². The molecule has 0 aliphatic carbocycles. The molecule has 0 saturated heterocycles. The molecule has 2 aromatic heterocycles. The molecule has 0 unspecified atom stereocenters. The molecule has 38 heavy (non-hydrogen) atoms. The molecule has 5 rings (SSSR count). The Morgan fingerprint density at radius 3 is 2.47 bits per heavy atom. The lowest BCUT2D eigenvalue weighted by Gasteiger charge is -2.05. The number of carbonyl (C=O) groups excluding carboxylic acids is 1. The first-order valence-corrected chi connectivity index (χ1v) is 13.1. The fourth-order valence-electron chi connectivity index (χ4n) is 4.17. The van der Waals surface area contributed by atoms with Crippen LogP contribution in [0.25, 0.3) is 34.1 Å². The van der Waals surface area contributed by atoms with Crippen LogP contribution in [0.5, 0.6) is 0 Å². The van der Waals surface area contributed by atoms with Crippen LogP contribution < -0.4 is 5.32 Å². The largest absolute Gasteiger partial charge is 0.457 e. The van der Waals surface area contributed by atoms with Crippen molar-refractivity contribution in [1.82, 2.24) is 15.0 Å². The second-order valence-electron chi connectivity index (χ2n) is 9.40. The van der Waals surface area contributed by atoms with E-state index in [4.69, 9.17) is 16.0 Å². The number of anilines is 1. The highest BCUT2D eigenvalue weighted by atomic mass is 35.5. The van der Waals surface area contributed by atoms with E-state index in [9.17, 15) is 4.79 Å². The number of aromatic nitrogens is 3. The van der Waals surface area contributed by atoms with Crippen LogP contribution in [0.4, 0.5) is 5.69 Å². The second-order valence-corrected chi connectivity index (χ2v) is 9.81. The zero-order valence-corrected chi connectivity index (χ0v) is 22.4. The van der Waals surface area contributed by atoms with Gasteiger partial charge >= 0.3 is 0 Å². The number of furan rings is 1. The average Bonchev–Trinajstić information content (AvgIpc) is 3.55. The summed E-state index contributed by atoms with van der Waals surface area (Å²) in [4.78, 5) is 14.3. The minimum atomic E-state index is -0.265. The van der Waals surface area contributed by atoms with Gasteiger partial charge < -0.3 is 9.73 Å². The van der Waals surface area contributed by atoms with Crippen LogP contribution in [0.15, 0.2) is 77.2 Å². The highest BCUT2D eigenvalue weighted by Crippen LogP contribution is 2.27. The Balaban J connectivity index is 1.28. The van der Waals surface area contributed by atoms with Gasteiger partial charge in [0.25, 0.3) is 0 Å². The fraction of sp³-hybridized carbons (Fsp3) is 0.194. The van der Waals surface area contributed by atoms with Crippen molar-refractivity contribution in [2.75, 3.05) is 5.32 Å². The number of rotatable bonds is 8. The van der Waals surface area contributed by atoms with Gasteiger partial charge in [-0.15, -0.1) is 10.2 Å². The van der Waals surface area contributed by atoms with Gasteiger partial charge in [-0.1, -0.05) is 49.2 Å². The molecule has 1 amide bonds. The first kappa shape index (κ1) is 25.5. The first-order valence-electron chi connectivity index (χ1n) is 12.7. The number of aryl methyl sites for hydroxylation is 3. The summed E-state index contributed by atoms with van der Waals surface area (Å²) < 4.78 is 5.87. The van der Waals surface area contributed by atoms with Crippen LogP contribution >= 0.6 is 11.6 Å². The smallest absolute Gasteiger partial charge is 0.248 e. The summed E-state index contributed by atoms with van der Waals surface area (Å²) in [5.41, 5.74) is 7.16. The maximum Gasteiger partial charge on any atom is 0.248 e. The lowest BCUT2D eigenvalue weighted by atomic mass is 10.1. The highest BCUT2D eigenvalue weighted by molar-refractivity contribution is 6.31. The Hall–Kier alpha value is -4.16. The third-order valence-corrected chi connectivity index (χ3v) is 6.86. The van der Waals surface area contributed by atoms with Gasteiger partial charge in [0.15, 0.2) is 0 Å². The van der Waals surface area contributed by atoms with Gasteiger partial charge in [0.2, 0.25) is 5.91 Å². The van der Waals surface area contributed by atoms with Gasteiger partial charge in [0, 0.05) is 22.3 Å². The van der Waals surface area contributed by atoms with E-state index < -0.39 is 0 Å². The highest BCUT2D eigenvalue weighted by Gasteiger charge is 2.11. The number of carbonyl (C=O) groups is 1. The molecular formula is C31H29ClN4O2. The summed E-state index contributed by atoms with van der Waals surface area (Å²) in [7, 11) is 0. The van der Waals surface area contributed by atoms with Gasteiger partial charge in [0.1, 0.15) is 22.6 Å². The lowest BCUT2D eigenvalue weighted by molar-refractivity contribution is -0.111. The van der Waals surface area contributed by atoms with E-state index >= 15 is 0 Å². The molecule has 0 atom stereocenters. The minimum absolute atomic E-state index is 0.265. The fourth-order valence-corrected chi connectivity index (χ4v) is 4.35. The maximum atomic E-state index is 12.7. The van der Waals surface area contributed by atoms with Crippen molar-refractivity contribution < 1.29 is 9.21 Å². The summed E-state index contributed by atoms with van der Waals surface area (Å²) in [6.45, 7) is 6.09. The van der Waals surface area contributed by atoms with Crippen molar-refractivity contribution in [2.24, 2.45) is 0 Å². The molecule has 5 aromatic rings. The van der Waals surface area contributed by atoms with Crippen molar-refractivity contribution in [3.8, 4) is 17.0 Å². The normalized spacial score (nSPS) is 11.5. The van der Waals surface area contributed by atoms with Crippen molar-refractivity contribution in [2.45, 2.75) is 40.0 Å². The van der Waals surface area contributed by atoms with Crippen LogP contribution in [0.1, 0.15) is 42.2 Å². The van der Waals surface area contributed by atoms with Gasteiger partial charge in [-0.3, -0.25) is 4.79 Å². The number of benzene rings is 3. The molecule has 7 heteroatoms. The standard InChI is InChI=1S/C31H29ClN4O2/c1-4-5-6-22-8-11-24(12-9-22)36-34-28-17-21(3)27(19-29(28)35-36)33-31(37)16-14-25-13-15-30(38-25)23-10-7-20(2)26(32)18-23/h7-19H,4-6H2,1-3H3,(H,33,37)/b16-14+. The molecule has 0 radical (unpaired) electrons. The van der Waals surface area contributed by atoms with Gasteiger partial charge in [-0.05, 0) is 91.9 Å². The number of hydrogen-bond donors (Lipinski definition) is 1. The van der Waals surface area contributed by atoms with Gasteiger partial charge in [0.05, 0.1) is 5.69 Å². The van der Waals surface area contributed by atoms with E-state index in [1.54, 1.807) is 10.9 Å². The molecule has 0 fully saturated rings. The number of hydrogen-bond acceptors (Lipinski definition) is 4. The number of fused-ring (bicyclic) bond motifs is 1. The van der Waals surface area contributed by atoms with Gasteiger partial charge in [-0.2, -0.15) is 4.80 Å². The number of amides is 1. The minimum Gasteiger partial charge on any atom is -0.457 e. The van der Waals surface area contributed by atoms with E-state index in [1.807, 2.05) is 68.4 Å². The van der Waals surface area contributed by atoms with E-state index in [1.165, 1.54) is 24.5 Å². The summed E-state index contributed by atoms with van der Waals surface area (Å²) in [5.74, 6) is 0.994. The monoisotopic (exact) mass is 524 g/mol. The van der Waals surface area contributed by atoms with Crippen LogP contribution in [-0.2, 0) is 11.2 Å². The Morgan fingerprint density at radius 1 is 0.974 bits per heavy atom. The quantitative estimate of drug-likeness (QED) is 0.209. The van der Waals surface area contributed by atoms with E-state index in [-0.39, 0.29) is 5.91 Å². The van der Waals surface area contributed by atoms with Crippen molar-refractivity contribution in [1.29, 1.82) is 0 Å². The van der Waals surface area contributed by atoms with E-state index in [0.717, 1.165) is 34.3 Å². The van der Waals surface area contributed by atoms with Crippen molar-refractivity contribution in [3.63, 3.8) is 0 Å². The molecule has 0 aliphatic rings. The van der Waals surface area contributed by atoms with Crippen LogP contribution in [-0.4, -0.2) is 20.9 Å². The Kier molecular flexibility index (Phi) is 7.43. The number of unbranched alkanes of at least 4 members (excludes halogenated alkanes) is 1. The number of nitrogens with zero attached hydrogens (tertiary/aromatic N) is 3. The maximum absolute atomic E-state index is 12.7. The predicted molar refractivity (Wildman–Crippen MR) is 154 cm³/mol. The number of halogens is 1. The molecule has 0 aliphatic heterocycles. The Bertz CT molecular complexity index is 1630. The van der Waals surface area contributed by atoms with E-state index in [0.29, 0.717) is 27.7 Å².